The number of ether oxygens (including phenoxy) is 2. The number of methoxy groups -OCH3 is 1. The second-order valence-electron chi connectivity index (χ2n) is 5.17. The van der Waals surface area contributed by atoms with Crippen LogP contribution >= 0.6 is 0 Å². The van der Waals surface area contributed by atoms with E-state index in [1.54, 1.807) is 0 Å². The number of hydrogen-bond donors (Lipinski definition) is 1. The molecule has 0 aliphatic carbocycles. The third-order valence-electron chi connectivity index (χ3n) is 3.84. The molecule has 0 radical (unpaired) electrons. The molecule has 1 amide bonds. The second-order valence-corrected chi connectivity index (χ2v) is 5.17. The highest BCUT2D eigenvalue weighted by atomic mass is 16.5. The van der Waals surface area contributed by atoms with Gasteiger partial charge in [-0.25, -0.2) is 0 Å². The van der Waals surface area contributed by atoms with Crippen molar-refractivity contribution in [2.24, 2.45) is 5.92 Å². The van der Waals surface area contributed by atoms with Crippen LogP contribution in [-0.4, -0.2) is 62.3 Å². The van der Waals surface area contributed by atoms with Crippen molar-refractivity contribution in [3.05, 3.63) is 0 Å². The number of esters is 1. The Bertz CT molecular complexity index is 335. The number of carbonyl (C=O) groups is 2. The fourth-order valence-electron chi connectivity index (χ4n) is 2.37. The van der Waals surface area contributed by atoms with Crippen LogP contribution in [0.25, 0.3) is 0 Å². The maximum Gasteiger partial charge on any atom is 0.309 e. The summed E-state index contributed by atoms with van der Waals surface area (Å²) in [7, 11) is 1.39. The molecule has 1 aliphatic heterocycles. The van der Waals surface area contributed by atoms with E-state index >= 15 is 0 Å². The number of morpholine rings is 1. The van der Waals surface area contributed by atoms with Crippen LogP contribution in [0.3, 0.4) is 0 Å². The largest absolute Gasteiger partial charge is 0.469 e. The molecule has 20 heavy (non-hydrogen) atoms. The number of nitrogens with zero attached hydrogens (tertiary/aromatic N) is 1. The van der Waals surface area contributed by atoms with E-state index < -0.39 is 0 Å². The van der Waals surface area contributed by atoms with Crippen LogP contribution in [-0.2, 0) is 19.1 Å². The van der Waals surface area contributed by atoms with Crippen molar-refractivity contribution < 1.29 is 19.1 Å². The van der Waals surface area contributed by atoms with Gasteiger partial charge in [0.15, 0.2) is 0 Å². The minimum absolute atomic E-state index is 0.0320. The van der Waals surface area contributed by atoms with Crippen LogP contribution < -0.4 is 5.32 Å². The Kier molecular flexibility index (Phi) is 6.95. The lowest BCUT2D eigenvalue weighted by Gasteiger charge is -2.40. The van der Waals surface area contributed by atoms with Crippen molar-refractivity contribution in [1.82, 2.24) is 10.2 Å². The number of amides is 1. The molecule has 0 bridgehead atoms. The Balaban J connectivity index is 2.72. The minimum atomic E-state index is -0.336. The molecule has 6 nitrogen and oxygen atoms in total. The number of hydrogen-bond acceptors (Lipinski definition) is 5. The molecule has 0 aromatic carbocycles. The van der Waals surface area contributed by atoms with Gasteiger partial charge in [0.2, 0.25) is 5.91 Å². The SMILES string of the molecule is CCCNC(=O)C1COCCN1C(C)C(C)C(=O)OC. The highest BCUT2D eigenvalue weighted by molar-refractivity contribution is 5.82. The van der Waals surface area contributed by atoms with Crippen LogP contribution in [0.4, 0.5) is 0 Å². The Labute approximate surface area is 120 Å². The number of rotatable bonds is 6. The lowest BCUT2D eigenvalue weighted by Crippen LogP contribution is -2.58. The summed E-state index contributed by atoms with van der Waals surface area (Å²) in [4.78, 5) is 25.9. The summed E-state index contributed by atoms with van der Waals surface area (Å²) >= 11 is 0. The van der Waals surface area contributed by atoms with Gasteiger partial charge in [-0.3, -0.25) is 14.5 Å². The van der Waals surface area contributed by atoms with E-state index in [2.05, 4.69) is 5.32 Å². The molecule has 1 fully saturated rings. The summed E-state index contributed by atoms with van der Waals surface area (Å²) < 4.78 is 10.2. The molecule has 1 N–H and O–H groups in total. The lowest BCUT2D eigenvalue weighted by molar-refractivity contribution is -0.151. The molecule has 0 aromatic rings. The topological polar surface area (TPSA) is 67.9 Å². The van der Waals surface area contributed by atoms with Crippen LogP contribution in [0, 0.1) is 5.92 Å². The third-order valence-corrected chi connectivity index (χ3v) is 3.84. The van der Waals surface area contributed by atoms with Crippen LogP contribution in [0.1, 0.15) is 27.2 Å². The standard InChI is InChI=1S/C14H26N2O4/c1-5-6-15-13(17)12-9-20-8-7-16(12)11(3)10(2)14(18)19-4/h10-12H,5-9H2,1-4H3,(H,15,17). The Morgan fingerprint density at radius 2 is 2.15 bits per heavy atom. The van der Waals surface area contributed by atoms with Crippen LogP contribution in [0.2, 0.25) is 0 Å². The Morgan fingerprint density at radius 3 is 2.75 bits per heavy atom. The highest BCUT2D eigenvalue weighted by Crippen LogP contribution is 2.18. The summed E-state index contributed by atoms with van der Waals surface area (Å²) in [6.45, 7) is 8.04. The van der Waals surface area contributed by atoms with Crippen molar-refractivity contribution in [1.29, 1.82) is 0 Å². The normalized spacial score (nSPS) is 22.9. The van der Waals surface area contributed by atoms with Crippen molar-refractivity contribution in [2.75, 3.05) is 33.4 Å². The van der Waals surface area contributed by atoms with Gasteiger partial charge in [-0.05, 0) is 13.3 Å². The van der Waals surface area contributed by atoms with Crippen molar-refractivity contribution >= 4 is 11.9 Å². The first kappa shape index (κ1) is 16.9. The molecule has 1 heterocycles. The van der Waals surface area contributed by atoms with E-state index in [0.29, 0.717) is 26.3 Å². The fourth-order valence-corrected chi connectivity index (χ4v) is 2.37. The second kappa shape index (κ2) is 8.21. The van der Waals surface area contributed by atoms with Gasteiger partial charge in [-0.2, -0.15) is 0 Å². The van der Waals surface area contributed by atoms with Crippen molar-refractivity contribution in [2.45, 2.75) is 39.3 Å². The van der Waals surface area contributed by atoms with Gasteiger partial charge in [0.25, 0.3) is 0 Å². The van der Waals surface area contributed by atoms with Gasteiger partial charge < -0.3 is 14.8 Å². The first-order valence-corrected chi connectivity index (χ1v) is 7.21. The third kappa shape index (κ3) is 4.18. The maximum absolute atomic E-state index is 12.2. The Morgan fingerprint density at radius 1 is 1.45 bits per heavy atom. The molecule has 0 aromatic heterocycles. The summed E-state index contributed by atoms with van der Waals surface area (Å²) in [5.74, 6) is -0.563. The highest BCUT2D eigenvalue weighted by Gasteiger charge is 2.36. The zero-order valence-corrected chi connectivity index (χ0v) is 12.8. The van der Waals surface area contributed by atoms with Crippen LogP contribution in [0.15, 0.2) is 0 Å². The summed E-state index contributed by atoms with van der Waals surface area (Å²) in [5, 5.41) is 2.89. The van der Waals surface area contributed by atoms with E-state index in [1.807, 2.05) is 25.7 Å². The van der Waals surface area contributed by atoms with Gasteiger partial charge in [0, 0.05) is 19.1 Å². The molecule has 6 heteroatoms. The molecular formula is C14H26N2O4. The van der Waals surface area contributed by atoms with Crippen molar-refractivity contribution in [3.63, 3.8) is 0 Å². The molecule has 116 valence electrons. The molecule has 3 unspecified atom stereocenters. The monoisotopic (exact) mass is 286 g/mol. The first-order valence-electron chi connectivity index (χ1n) is 7.21. The molecule has 0 spiro atoms. The lowest BCUT2D eigenvalue weighted by atomic mass is 9.99. The smallest absolute Gasteiger partial charge is 0.309 e. The molecule has 1 aliphatic rings. The van der Waals surface area contributed by atoms with Crippen LogP contribution in [0.5, 0.6) is 0 Å². The van der Waals surface area contributed by atoms with E-state index in [9.17, 15) is 9.59 Å². The van der Waals surface area contributed by atoms with Gasteiger partial charge in [-0.15, -0.1) is 0 Å². The zero-order valence-electron chi connectivity index (χ0n) is 12.8. The summed E-state index contributed by atoms with van der Waals surface area (Å²) in [5.41, 5.74) is 0. The average molecular weight is 286 g/mol. The first-order chi connectivity index (χ1) is 9.52. The maximum atomic E-state index is 12.2. The van der Waals surface area contributed by atoms with E-state index in [0.717, 1.165) is 6.42 Å². The van der Waals surface area contributed by atoms with E-state index in [-0.39, 0.29) is 29.9 Å². The van der Waals surface area contributed by atoms with Gasteiger partial charge in [0.05, 0.1) is 26.2 Å². The van der Waals surface area contributed by atoms with Crippen molar-refractivity contribution in [3.8, 4) is 0 Å². The predicted octanol–water partition coefficient (Wildman–Crippen LogP) is 0.411. The quantitative estimate of drug-likeness (QED) is 0.716. The predicted molar refractivity (Wildman–Crippen MR) is 75.3 cm³/mol. The average Bonchev–Trinajstić information content (AvgIpc) is 2.50. The van der Waals surface area contributed by atoms with Gasteiger partial charge in [0.1, 0.15) is 6.04 Å². The number of nitrogens with one attached hydrogen (secondary N) is 1. The van der Waals surface area contributed by atoms with E-state index in [1.165, 1.54) is 7.11 Å². The molecular weight excluding hydrogens is 260 g/mol. The number of carbonyl (C=O) groups excluding carboxylic acids is 2. The van der Waals surface area contributed by atoms with Gasteiger partial charge >= 0.3 is 5.97 Å². The fraction of sp³-hybridized carbons (Fsp3) is 0.857. The van der Waals surface area contributed by atoms with E-state index in [4.69, 9.17) is 9.47 Å². The summed E-state index contributed by atoms with van der Waals surface area (Å²) in [6.07, 6.45) is 0.896. The minimum Gasteiger partial charge on any atom is -0.469 e. The molecule has 3 atom stereocenters. The molecule has 1 rings (SSSR count). The Hall–Kier alpha value is -1.14. The molecule has 1 saturated heterocycles. The molecule has 0 saturated carbocycles. The zero-order chi connectivity index (χ0) is 15.1. The van der Waals surface area contributed by atoms with Gasteiger partial charge in [-0.1, -0.05) is 13.8 Å². The summed E-state index contributed by atoms with van der Waals surface area (Å²) in [6, 6.07) is -0.402.